The molecule has 0 aliphatic heterocycles. The number of rotatable bonds is 3. The molecule has 2 aromatic carbocycles. The van der Waals surface area contributed by atoms with Crippen LogP contribution in [-0.2, 0) is 0 Å². The third kappa shape index (κ3) is 2.38. The molecule has 0 spiro atoms. The molecule has 0 amide bonds. The van der Waals surface area contributed by atoms with Crippen LogP contribution in [0.15, 0.2) is 71.3 Å². The average molecular weight is 264 g/mol. The molecule has 0 unspecified atom stereocenters. The topological polar surface area (TPSA) is 65.2 Å². The van der Waals surface area contributed by atoms with E-state index in [1.165, 1.54) is 0 Å². The highest BCUT2D eigenvalue weighted by Gasteiger charge is 2.19. The van der Waals surface area contributed by atoms with Crippen molar-refractivity contribution in [3.05, 3.63) is 83.8 Å². The molecule has 100 valence electrons. The molecule has 0 atom stereocenters. The van der Waals surface area contributed by atoms with Gasteiger partial charge >= 0.3 is 0 Å². The molecule has 3 rings (SSSR count). The zero-order valence-electron chi connectivity index (χ0n) is 11.0. The second-order valence-electron chi connectivity index (χ2n) is 4.78. The van der Waals surface area contributed by atoms with Gasteiger partial charge in [-0.25, -0.2) is 0 Å². The van der Waals surface area contributed by atoms with Crippen LogP contribution in [0.5, 0.6) is 0 Å². The van der Waals surface area contributed by atoms with E-state index in [1.807, 2.05) is 60.7 Å². The normalized spacial score (nSPS) is 10.8. The highest BCUT2D eigenvalue weighted by atomic mass is 16.3. The third-order valence-electron chi connectivity index (χ3n) is 3.37. The summed E-state index contributed by atoms with van der Waals surface area (Å²) in [4.78, 5) is 0. The maximum atomic E-state index is 5.76. The fourth-order valence-corrected chi connectivity index (χ4v) is 2.35. The van der Waals surface area contributed by atoms with Crippen molar-refractivity contribution in [2.75, 3.05) is 11.5 Å². The van der Waals surface area contributed by atoms with Crippen LogP contribution in [0, 0.1) is 0 Å². The quantitative estimate of drug-likeness (QED) is 0.710. The molecular formula is C17H16N2O. The SMILES string of the molecule is Nc1ccc(C(c2ccc(N)cc2)c2ccco2)cc1. The first kappa shape index (κ1) is 12.4. The van der Waals surface area contributed by atoms with Gasteiger partial charge in [-0.3, -0.25) is 0 Å². The summed E-state index contributed by atoms with van der Waals surface area (Å²) in [5, 5.41) is 0. The lowest BCUT2D eigenvalue weighted by atomic mass is 9.89. The number of benzene rings is 2. The first-order valence-electron chi connectivity index (χ1n) is 6.48. The van der Waals surface area contributed by atoms with Crippen molar-refractivity contribution in [1.29, 1.82) is 0 Å². The Labute approximate surface area is 117 Å². The number of anilines is 2. The van der Waals surface area contributed by atoms with Gasteiger partial charge in [-0.15, -0.1) is 0 Å². The highest BCUT2D eigenvalue weighted by molar-refractivity contribution is 5.48. The van der Waals surface area contributed by atoms with E-state index in [9.17, 15) is 0 Å². The van der Waals surface area contributed by atoms with Crippen LogP contribution >= 0.6 is 0 Å². The predicted octanol–water partition coefficient (Wildman–Crippen LogP) is 3.62. The lowest BCUT2D eigenvalue weighted by Crippen LogP contribution is -2.02. The van der Waals surface area contributed by atoms with E-state index in [1.54, 1.807) is 6.26 Å². The molecule has 0 bridgehead atoms. The van der Waals surface area contributed by atoms with Crippen LogP contribution in [0.1, 0.15) is 22.8 Å². The van der Waals surface area contributed by atoms with E-state index in [0.29, 0.717) is 0 Å². The van der Waals surface area contributed by atoms with Crippen LogP contribution in [0.4, 0.5) is 11.4 Å². The zero-order chi connectivity index (χ0) is 13.9. The Bertz CT molecular complexity index is 625. The van der Waals surface area contributed by atoms with E-state index in [0.717, 1.165) is 28.3 Å². The standard InChI is InChI=1S/C17H16N2O/c18-14-7-3-12(4-8-14)17(16-2-1-11-20-16)13-5-9-15(19)10-6-13/h1-11,17H,18-19H2. The van der Waals surface area contributed by atoms with Gasteiger partial charge in [0.05, 0.1) is 12.2 Å². The molecular weight excluding hydrogens is 248 g/mol. The first-order valence-corrected chi connectivity index (χ1v) is 6.48. The fraction of sp³-hybridized carbons (Fsp3) is 0.0588. The van der Waals surface area contributed by atoms with Gasteiger partial charge < -0.3 is 15.9 Å². The van der Waals surface area contributed by atoms with Crippen LogP contribution < -0.4 is 11.5 Å². The van der Waals surface area contributed by atoms with E-state index in [4.69, 9.17) is 15.9 Å². The van der Waals surface area contributed by atoms with Gasteiger partial charge in [-0.1, -0.05) is 24.3 Å². The van der Waals surface area contributed by atoms with Crippen molar-refractivity contribution >= 4 is 11.4 Å². The van der Waals surface area contributed by atoms with Crippen LogP contribution in [-0.4, -0.2) is 0 Å². The lowest BCUT2D eigenvalue weighted by Gasteiger charge is -2.16. The number of nitrogens with two attached hydrogens (primary N) is 2. The van der Waals surface area contributed by atoms with E-state index >= 15 is 0 Å². The van der Waals surface area contributed by atoms with Gasteiger partial charge in [0.1, 0.15) is 5.76 Å². The Balaban J connectivity index is 2.09. The van der Waals surface area contributed by atoms with Crippen LogP contribution in [0.2, 0.25) is 0 Å². The van der Waals surface area contributed by atoms with Gasteiger partial charge in [0.2, 0.25) is 0 Å². The molecule has 0 saturated carbocycles. The number of hydrogen-bond acceptors (Lipinski definition) is 3. The van der Waals surface area contributed by atoms with E-state index in [2.05, 4.69) is 0 Å². The summed E-state index contributed by atoms with van der Waals surface area (Å²) in [5.74, 6) is 0.950. The summed E-state index contributed by atoms with van der Waals surface area (Å²) in [7, 11) is 0. The molecule has 4 N–H and O–H groups in total. The maximum Gasteiger partial charge on any atom is 0.115 e. The summed E-state index contributed by atoms with van der Waals surface area (Å²) in [6.45, 7) is 0. The first-order chi connectivity index (χ1) is 9.74. The summed E-state index contributed by atoms with van der Waals surface area (Å²) in [6.07, 6.45) is 1.69. The van der Waals surface area contributed by atoms with Crippen LogP contribution in [0.3, 0.4) is 0 Å². The lowest BCUT2D eigenvalue weighted by molar-refractivity contribution is 0.503. The van der Waals surface area contributed by atoms with Gasteiger partial charge in [0, 0.05) is 11.4 Å². The summed E-state index contributed by atoms with van der Waals surface area (Å²) in [6, 6.07) is 19.6. The highest BCUT2D eigenvalue weighted by Crippen LogP contribution is 2.32. The third-order valence-corrected chi connectivity index (χ3v) is 3.37. The minimum Gasteiger partial charge on any atom is -0.468 e. The molecule has 3 nitrogen and oxygen atoms in total. The summed E-state index contributed by atoms with van der Waals surface area (Å²) in [5.41, 5.74) is 15.3. The molecule has 1 heterocycles. The second kappa shape index (κ2) is 5.13. The van der Waals surface area contributed by atoms with Crippen molar-refractivity contribution in [2.45, 2.75) is 5.92 Å². The smallest absolute Gasteiger partial charge is 0.115 e. The Morgan fingerprint density at radius 1 is 0.700 bits per heavy atom. The maximum absolute atomic E-state index is 5.76. The molecule has 3 heteroatoms. The molecule has 0 aliphatic rings. The van der Waals surface area contributed by atoms with Gasteiger partial charge in [0.25, 0.3) is 0 Å². The largest absolute Gasteiger partial charge is 0.468 e. The van der Waals surface area contributed by atoms with Gasteiger partial charge in [-0.2, -0.15) is 0 Å². The number of nitrogen functional groups attached to an aromatic ring is 2. The minimum absolute atomic E-state index is 0.0474. The van der Waals surface area contributed by atoms with E-state index < -0.39 is 0 Å². The fourth-order valence-electron chi connectivity index (χ4n) is 2.35. The monoisotopic (exact) mass is 264 g/mol. The molecule has 0 saturated heterocycles. The molecule has 20 heavy (non-hydrogen) atoms. The Morgan fingerprint density at radius 3 is 1.60 bits per heavy atom. The minimum atomic E-state index is 0.0474. The molecule has 1 aromatic heterocycles. The van der Waals surface area contributed by atoms with Crippen molar-refractivity contribution in [2.24, 2.45) is 0 Å². The van der Waals surface area contributed by atoms with Crippen molar-refractivity contribution in [1.82, 2.24) is 0 Å². The van der Waals surface area contributed by atoms with Crippen molar-refractivity contribution in [3.8, 4) is 0 Å². The zero-order valence-corrected chi connectivity index (χ0v) is 11.0. The van der Waals surface area contributed by atoms with Gasteiger partial charge in [0.15, 0.2) is 0 Å². The van der Waals surface area contributed by atoms with Crippen molar-refractivity contribution < 1.29 is 4.42 Å². The second-order valence-corrected chi connectivity index (χ2v) is 4.78. The summed E-state index contributed by atoms with van der Waals surface area (Å²) >= 11 is 0. The van der Waals surface area contributed by atoms with Crippen molar-refractivity contribution in [3.63, 3.8) is 0 Å². The molecule has 0 radical (unpaired) electrons. The molecule has 0 fully saturated rings. The Kier molecular flexibility index (Phi) is 3.17. The molecule has 0 aliphatic carbocycles. The van der Waals surface area contributed by atoms with Crippen LogP contribution in [0.25, 0.3) is 0 Å². The summed E-state index contributed by atoms with van der Waals surface area (Å²) < 4.78 is 5.60. The predicted molar refractivity (Wildman–Crippen MR) is 81.4 cm³/mol. The van der Waals surface area contributed by atoms with Gasteiger partial charge in [-0.05, 0) is 47.5 Å². The number of hydrogen-bond donors (Lipinski definition) is 2. The number of furan rings is 1. The average Bonchev–Trinajstić information content (AvgIpc) is 2.97. The Hall–Kier alpha value is -2.68. The molecule has 3 aromatic rings. The van der Waals surface area contributed by atoms with E-state index in [-0.39, 0.29) is 5.92 Å². The Morgan fingerprint density at radius 2 is 1.20 bits per heavy atom.